The third-order valence-corrected chi connectivity index (χ3v) is 6.02. The van der Waals surface area contributed by atoms with Crippen LogP contribution in [-0.2, 0) is 30.2 Å². The molecule has 3 atom stereocenters. The van der Waals surface area contributed by atoms with Gasteiger partial charge in [0.25, 0.3) is 0 Å². The van der Waals surface area contributed by atoms with Crippen LogP contribution in [0.5, 0.6) is 0 Å². The maximum atomic E-state index is 13.1. The van der Waals surface area contributed by atoms with E-state index in [9.17, 15) is 24.4 Å². The van der Waals surface area contributed by atoms with Gasteiger partial charge in [0.1, 0.15) is 12.1 Å². The van der Waals surface area contributed by atoms with Gasteiger partial charge in [0, 0.05) is 19.5 Å². The monoisotopic (exact) mass is 491 g/mol. The van der Waals surface area contributed by atoms with Crippen LogP contribution < -0.4 is 10.6 Å². The second kappa shape index (κ2) is 14.0. The minimum atomic E-state index is -1.80. The van der Waals surface area contributed by atoms with Crippen molar-refractivity contribution in [2.45, 2.75) is 50.2 Å². The Labute approximate surface area is 205 Å². The number of ether oxygens (including phenoxy) is 3. The average Bonchev–Trinajstić information content (AvgIpc) is 3.36. The second-order valence-corrected chi connectivity index (χ2v) is 8.69. The zero-order chi connectivity index (χ0) is 25.0. The molecule has 0 saturated carbocycles. The summed E-state index contributed by atoms with van der Waals surface area (Å²) in [6.45, 7) is 2.36. The van der Waals surface area contributed by atoms with E-state index in [0.29, 0.717) is 58.6 Å². The third kappa shape index (κ3) is 9.13. The van der Waals surface area contributed by atoms with E-state index in [-0.39, 0.29) is 18.9 Å². The number of benzene rings is 1. The van der Waals surface area contributed by atoms with Gasteiger partial charge in [0.2, 0.25) is 11.8 Å². The Bertz CT molecular complexity index is 816. The standard InChI is InChI=1S/C23H34BN3O8/c28-21(27-10-13-33-14-11-27)15-19(25-23(30)35-18-9-12-34-16-18)22(29)26-20(24(31)32)8-4-7-17-5-2-1-3-6-17/h1-3,5-6,18-20,31-32H,4,7-16H2,(H,25,30)(H,26,29)/t18-,19+,20-/m0/s1. The molecule has 0 unspecified atom stereocenters. The van der Waals surface area contributed by atoms with Gasteiger partial charge in [-0.15, -0.1) is 0 Å². The molecule has 12 heteroatoms. The van der Waals surface area contributed by atoms with E-state index in [4.69, 9.17) is 14.2 Å². The lowest BCUT2D eigenvalue weighted by molar-refractivity contribution is -0.138. The Morgan fingerprint density at radius 3 is 2.49 bits per heavy atom. The predicted molar refractivity (Wildman–Crippen MR) is 126 cm³/mol. The maximum Gasteiger partial charge on any atom is 0.475 e. The van der Waals surface area contributed by atoms with Crippen molar-refractivity contribution in [3.63, 3.8) is 0 Å². The van der Waals surface area contributed by atoms with Crippen LogP contribution in [0.1, 0.15) is 31.2 Å². The zero-order valence-electron chi connectivity index (χ0n) is 19.8. The predicted octanol–water partition coefficient (Wildman–Crippen LogP) is -0.361. The lowest BCUT2D eigenvalue weighted by Crippen LogP contribution is -2.55. The zero-order valence-corrected chi connectivity index (χ0v) is 19.8. The van der Waals surface area contributed by atoms with Crippen LogP contribution >= 0.6 is 0 Å². The first-order valence-corrected chi connectivity index (χ1v) is 12.0. The molecule has 0 aromatic heterocycles. The molecule has 35 heavy (non-hydrogen) atoms. The molecule has 3 amide bonds. The van der Waals surface area contributed by atoms with Crippen molar-refractivity contribution in [2.24, 2.45) is 0 Å². The molecule has 1 aromatic rings. The van der Waals surface area contributed by atoms with Crippen molar-refractivity contribution in [3.8, 4) is 0 Å². The fraction of sp³-hybridized carbons (Fsp3) is 0.609. The van der Waals surface area contributed by atoms with E-state index >= 15 is 0 Å². The van der Waals surface area contributed by atoms with Crippen molar-refractivity contribution < 1.29 is 38.6 Å². The molecule has 2 aliphatic rings. The summed E-state index contributed by atoms with van der Waals surface area (Å²) in [6, 6.07) is 8.47. The van der Waals surface area contributed by atoms with Crippen LogP contribution in [0.4, 0.5) is 4.79 Å². The summed E-state index contributed by atoms with van der Waals surface area (Å²) in [5, 5.41) is 24.7. The molecular weight excluding hydrogens is 457 g/mol. The molecule has 192 valence electrons. The van der Waals surface area contributed by atoms with Crippen molar-refractivity contribution in [1.82, 2.24) is 15.5 Å². The molecule has 0 aliphatic carbocycles. The first kappa shape index (κ1) is 26.9. The molecule has 2 aliphatic heterocycles. The quantitative estimate of drug-likeness (QED) is 0.307. The number of morpholine rings is 1. The van der Waals surface area contributed by atoms with Crippen LogP contribution in [0, 0.1) is 0 Å². The van der Waals surface area contributed by atoms with Crippen LogP contribution in [0.2, 0.25) is 0 Å². The van der Waals surface area contributed by atoms with E-state index in [1.54, 1.807) is 4.90 Å². The van der Waals surface area contributed by atoms with Gasteiger partial charge in [-0.25, -0.2) is 4.79 Å². The minimum Gasteiger partial charge on any atom is -0.444 e. The van der Waals surface area contributed by atoms with Crippen molar-refractivity contribution >= 4 is 25.0 Å². The van der Waals surface area contributed by atoms with Crippen molar-refractivity contribution in [3.05, 3.63) is 35.9 Å². The molecule has 11 nitrogen and oxygen atoms in total. The second-order valence-electron chi connectivity index (χ2n) is 8.69. The van der Waals surface area contributed by atoms with Crippen LogP contribution in [0.3, 0.4) is 0 Å². The van der Waals surface area contributed by atoms with Crippen LogP contribution in [0.15, 0.2) is 30.3 Å². The first-order chi connectivity index (χ1) is 16.9. The first-order valence-electron chi connectivity index (χ1n) is 12.0. The number of aryl methyl sites for hydroxylation is 1. The SMILES string of the molecule is O=C(N[C@H](CC(=O)N1CCOCC1)C(=O)N[C@@H](CCCc1ccccc1)B(O)O)O[C@H]1CCOC1. The Kier molecular flexibility index (Phi) is 10.8. The highest BCUT2D eigenvalue weighted by Gasteiger charge is 2.33. The summed E-state index contributed by atoms with van der Waals surface area (Å²) in [4.78, 5) is 39.8. The van der Waals surface area contributed by atoms with E-state index in [0.717, 1.165) is 5.56 Å². The Hall–Kier alpha value is -2.67. The molecule has 4 N–H and O–H groups in total. The summed E-state index contributed by atoms with van der Waals surface area (Å²) in [7, 11) is -1.80. The average molecular weight is 491 g/mol. The normalized spacial score (nSPS) is 19.5. The fourth-order valence-corrected chi connectivity index (χ4v) is 4.01. The Balaban J connectivity index is 1.59. The highest BCUT2D eigenvalue weighted by atomic mass is 16.6. The number of hydrogen-bond acceptors (Lipinski definition) is 8. The fourth-order valence-electron chi connectivity index (χ4n) is 4.01. The highest BCUT2D eigenvalue weighted by molar-refractivity contribution is 6.43. The lowest BCUT2D eigenvalue weighted by Gasteiger charge is -2.29. The van der Waals surface area contributed by atoms with Gasteiger partial charge in [0.15, 0.2) is 0 Å². The van der Waals surface area contributed by atoms with E-state index in [1.165, 1.54) is 0 Å². The molecular formula is C23H34BN3O8. The van der Waals surface area contributed by atoms with Gasteiger partial charge in [0.05, 0.1) is 38.8 Å². The largest absolute Gasteiger partial charge is 0.475 e. The molecule has 1 aromatic carbocycles. The Morgan fingerprint density at radius 2 is 1.83 bits per heavy atom. The Morgan fingerprint density at radius 1 is 1.09 bits per heavy atom. The number of nitrogens with zero attached hydrogens (tertiary/aromatic N) is 1. The van der Waals surface area contributed by atoms with Gasteiger partial charge >= 0.3 is 13.2 Å². The summed E-state index contributed by atoms with van der Waals surface area (Å²) in [5.41, 5.74) is 1.10. The topological polar surface area (TPSA) is 147 Å². The molecule has 2 saturated heterocycles. The van der Waals surface area contributed by atoms with Gasteiger partial charge < -0.3 is 39.8 Å². The van der Waals surface area contributed by atoms with Gasteiger partial charge in [-0.3, -0.25) is 9.59 Å². The third-order valence-electron chi connectivity index (χ3n) is 6.02. The lowest BCUT2D eigenvalue weighted by atomic mass is 9.76. The smallest absolute Gasteiger partial charge is 0.444 e. The number of hydrogen-bond donors (Lipinski definition) is 4. The van der Waals surface area contributed by atoms with E-state index < -0.39 is 37.2 Å². The number of rotatable bonds is 11. The van der Waals surface area contributed by atoms with Crippen molar-refractivity contribution in [2.75, 3.05) is 39.5 Å². The number of amides is 3. The van der Waals surface area contributed by atoms with Gasteiger partial charge in [-0.05, 0) is 24.8 Å². The summed E-state index contributed by atoms with van der Waals surface area (Å²) < 4.78 is 15.7. The van der Waals surface area contributed by atoms with Crippen LogP contribution in [-0.4, -0.2) is 97.6 Å². The molecule has 3 rings (SSSR count). The summed E-state index contributed by atoms with van der Waals surface area (Å²) in [5.74, 6) is -1.97. The molecule has 2 fully saturated rings. The van der Waals surface area contributed by atoms with E-state index in [2.05, 4.69) is 10.6 Å². The molecule has 0 spiro atoms. The molecule has 0 bridgehead atoms. The highest BCUT2D eigenvalue weighted by Crippen LogP contribution is 2.11. The molecule has 0 radical (unpaired) electrons. The number of alkyl carbamates (subject to hydrolysis) is 1. The number of carbonyl (C=O) groups excluding carboxylic acids is 3. The number of carbonyl (C=O) groups is 3. The minimum absolute atomic E-state index is 0.275. The molecule has 2 heterocycles. The summed E-state index contributed by atoms with van der Waals surface area (Å²) >= 11 is 0. The van der Waals surface area contributed by atoms with Gasteiger partial charge in [-0.2, -0.15) is 0 Å². The summed E-state index contributed by atoms with van der Waals surface area (Å²) in [6.07, 6.45) is 0.608. The maximum absolute atomic E-state index is 13.1. The number of nitrogens with one attached hydrogen (secondary N) is 2. The van der Waals surface area contributed by atoms with E-state index in [1.807, 2.05) is 30.3 Å². The van der Waals surface area contributed by atoms with Gasteiger partial charge in [-0.1, -0.05) is 30.3 Å². The van der Waals surface area contributed by atoms with Crippen molar-refractivity contribution in [1.29, 1.82) is 0 Å². The van der Waals surface area contributed by atoms with Crippen LogP contribution in [0.25, 0.3) is 0 Å².